The van der Waals surface area contributed by atoms with Crippen molar-refractivity contribution >= 4 is 0 Å². The predicted octanol–water partition coefficient (Wildman–Crippen LogP) is 1.58. The Balaban J connectivity index is 1.82. The molecule has 0 aromatic rings. The van der Waals surface area contributed by atoms with Crippen molar-refractivity contribution in [3.63, 3.8) is 0 Å². The zero-order valence-corrected chi connectivity index (χ0v) is 11.0. The standard InChI is InChI=1S/C13H26N2O/c1-4-13(2,3)15-8-6-14(7-9-15)12-5-10-16-11-12/h12H,4-11H2,1-3H3. The molecule has 0 radical (unpaired) electrons. The van der Waals surface area contributed by atoms with E-state index in [1.54, 1.807) is 0 Å². The molecule has 0 amide bonds. The summed E-state index contributed by atoms with van der Waals surface area (Å²) in [4.78, 5) is 5.26. The zero-order valence-electron chi connectivity index (χ0n) is 11.0. The van der Waals surface area contributed by atoms with Crippen molar-refractivity contribution in [1.29, 1.82) is 0 Å². The van der Waals surface area contributed by atoms with Crippen LogP contribution in [0.4, 0.5) is 0 Å². The van der Waals surface area contributed by atoms with Crippen molar-refractivity contribution < 1.29 is 4.74 Å². The summed E-state index contributed by atoms with van der Waals surface area (Å²) in [6.45, 7) is 13.8. The number of nitrogens with zero attached hydrogens (tertiary/aromatic N) is 2. The molecule has 16 heavy (non-hydrogen) atoms. The largest absolute Gasteiger partial charge is 0.380 e. The van der Waals surface area contributed by atoms with Crippen molar-refractivity contribution in [2.75, 3.05) is 39.4 Å². The minimum Gasteiger partial charge on any atom is -0.380 e. The molecule has 0 aromatic heterocycles. The first-order valence-corrected chi connectivity index (χ1v) is 6.70. The van der Waals surface area contributed by atoms with Gasteiger partial charge in [0.25, 0.3) is 0 Å². The Morgan fingerprint density at radius 2 is 1.88 bits per heavy atom. The highest BCUT2D eigenvalue weighted by molar-refractivity contribution is 4.87. The Morgan fingerprint density at radius 1 is 1.19 bits per heavy atom. The summed E-state index contributed by atoms with van der Waals surface area (Å²) >= 11 is 0. The lowest BCUT2D eigenvalue weighted by Crippen LogP contribution is -2.56. The summed E-state index contributed by atoms with van der Waals surface area (Å²) in [6.07, 6.45) is 2.47. The zero-order chi connectivity index (χ0) is 11.6. The Bertz CT molecular complexity index is 216. The fraction of sp³-hybridized carbons (Fsp3) is 1.00. The van der Waals surface area contributed by atoms with E-state index >= 15 is 0 Å². The number of ether oxygens (including phenoxy) is 1. The van der Waals surface area contributed by atoms with E-state index in [1.807, 2.05) is 0 Å². The molecule has 0 N–H and O–H groups in total. The average Bonchev–Trinajstić information content (AvgIpc) is 2.83. The third-order valence-electron chi connectivity index (χ3n) is 4.46. The molecule has 94 valence electrons. The van der Waals surface area contributed by atoms with Gasteiger partial charge in [0.2, 0.25) is 0 Å². The molecule has 2 heterocycles. The first-order valence-electron chi connectivity index (χ1n) is 6.70. The van der Waals surface area contributed by atoms with Crippen LogP contribution in [-0.4, -0.2) is 60.8 Å². The van der Waals surface area contributed by atoms with Crippen LogP contribution in [-0.2, 0) is 4.74 Å². The molecule has 0 aliphatic carbocycles. The van der Waals surface area contributed by atoms with Crippen LogP contribution in [0, 0.1) is 0 Å². The number of hydrogen-bond donors (Lipinski definition) is 0. The third kappa shape index (κ3) is 2.58. The van der Waals surface area contributed by atoms with Gasteiger partial charge in [0.05, 0.1) is 6.61 Å². The van der Waals surface area contributed by atoms with Crippen LogP contribution >= 0.6 is 0 Å². The van der Waals surface area contributed by atoms with Gasteiger partial charge in [-0.05, 0) is 26.7 Å². The van der Waals surface area contributed by atoms with E-state index in [-0.39, 0.29) is 0 Å². The molecule has 1 atom stereocenters. The average molecular weight is 226 g/mol. The number of hydrogen-bond acceptors (Lipinski definition) is 3. The topological polar surface area (TPSA) is 15.7 Å². The normalized spacial score (nSPS) is 29.8. The van der Waals surface area contributed by atoms with Gasteiger partial charge in [-0.1, -0.05) is 6.92 Å². The lowest BCUT2D eigenvalue weighted by Gasteiger charge is -2.45. The molecule has 3 heteroatoms. The van der Waals surface area contributed by atoms with Gasteiger partial charge in [0, 0.05) is 44.4 Å². The molecule has 0 saturated carbocycles. The van der Waals surface area contributed by atoms with Crippen molar-refractivity contribution in [2.24, 2.45) is 0 Å². The van der Waals surface area contributed by atoms with E-state index < -0.39 is 0 Å². The summed E-state index contributed by atoms with van der Waals surface area (Å²) in [5.74, 6) is 0. The second-order valence-corrected chi connectivity index (χ2v) is 5.71. The maximum atomic E-state index is 5.47. The van der Waals surface area contributed by atoms with E-state index in [9.17, 15) is 0 Å². The van der Waals surface area contributed by atoms with Crippen LogP contribution in [0.2, 0.25) is 0 Å². The van der Waals surface area contributed by atoms with Gasteiger partial charge in [-0.3, -0.25) is 9.80 Å². The summed E-state index contributed by atoms with van der Waals surface area (Å²) < 4.78 is 5.47. The molecule has 3 nitrogen and oxygen atoms in total. The highest BCUT2D eigenvalue weighted by Crippen LogP contribution is 2.22. The van der Waals surface area contributed by atoms with E-state index in [0.717, 1.165) is 13.2 Å². The fourth-order valence-corrected chi connectivity index (χ4v) is 2.73. The molecule has 2 saturated heterocycles. The lowest BCUT2D eigenvalue weighted by molar-refractivity contribution is 0.0294. The van der Waals surface area contributed by atoms with Crippen molar-refractivity contribution in [3.8, 4) is 0 Å². The van der Waals surface area contributed by atoms with Crippen LogP contribution in [0.5, 0.6) is 0 Å². The van der Waals surface area contributed by atoms with Gasteiger partial charge < -0.3 is 4.74 Å². The Hall–Kier alpha value is -0.120. The third-order valence-corrected chi connectivity index (χ3v) is 4.46. The van der Waals surface area contributed by atoms with Gasteiger partial charge in [0.15, 0.2) is 0 Å². The number of piperazine rings is 1. The summed E-state index contributed by atoms with van der Waals surface area (Å²) in [7, 11) is 0. The lowest BCUT2D eigenvalue weighted by atomic mass is 9.98. The molecule has 0 bridgehead atoms. The van der Waals surface area contributed by atoms with E-state index in [2.05, 4.69) is 30.6 Å². The summed E-state index contributed by atoms with van der Waals surface area (Å²) in [6, 6.07) is 0.701. The molecule has 2 aliphatic heterocycles. The van der Waals surface area contributed by atoms with Gasteiger partial charge in [-0.2, -0.15) is 0 Å². The Labute approximate surface area is 99.7 Å². The molecule has 2 rings (SSSR count). The molecule has 2 aliphatic rings. The van der Waals surface area contributed by atoms with E-state index in [1.165, 1.54) is 39.0 Å². The highest BCUT2D eigenvalue weighted by atomic mass is 16.5. The van der Waals surface area contributed by atoms with Crippen molar-refractivity contribution in [3.05, 3.63) is 0 Å². The van der Waals surface area contributed by atoms with Crippen LogP contribution in [0.25, 0.3) is 0 Å². The second kappa shape index (κ2) is 5.03. The molecule has 1 unspecified atom stereocenters. The number of rotatable bonds is 3. The molecular formula is C13H26N2O. The fourth-order valence-electron chi connectivity index (χ4n) is 2.73. The maximum absolute atomic E-state index is 5.47. The monoisotopic (exact) mass is 226 g/mol. The first-order chi connectivity index (χ1) is 7.63. The van der Waals surface area contributed by atoms with Gasteiger partial charge in [0.1, 0.15) is 0 Å². The SMILES string of the molecule is CCC(C)(C)N1CCN(C2CCOC2)CC1. The maximum Gasteiger partial charge on any atom is 0.0622 e. The van der Waals surface area contributed by atoms with Crippen LogP contribution in [0.15, 0.2) is 0 Å². The molecule has 2 fully saturated rings. The molecule has 0 aromatic carbocycles. The quantitative estimate of drug-likeness (QED) is 0.727. The van der Waals surface area contributed by atoms with Gasteiger partial charge in [-0.15, -0.1) is 0 Å². The van der Waals surface area contributed by atoms with Crippen LogP contribution in [0.1, 0.15) is 33.6 Å². The summed E-state index contributed by atoms with van der Waals surface area (Å²) in [5.41, 5.74) is 0.373. The minimum absolute atomic E-state index is 0.373. The smallest absolute Gasteiger partial charge is 0.0622 e. The minimum atomic E-state index is 0.373. The van der Waals surface area contributed by atoms with Crippen LogP contribution in [0.3, 0.4) is 0 Å². The van der Waals surface area contributed by atoms with Crippen molar-refractivity contribution in [2.45, 2.75) is 45.2 Å². The van der Waals surface area contributed by atoms with Gasteiger partial charge in [-0.25, -0.2) is 0 Å². The molecular weight excluding hydrogens is 200 g/mol. The van der Waals surface area contributed by atoms with Crippen molar-refractivity contribution in [1.82, 2.24) is 9.80 Å². The van der Waals surface area contributed by atoms with Crippen LogP contribution < -0.4 is 0 Å². The predicted molar refractivity (Wildman–Crippen MR) is 66.7 cm³/mol. The van der Waals surface area contributed by atoms with E-state index in [0.29, 0.717) is 11.6 Å². The Kier molecular flexibility index (Phi) is 3.88. The summed E-state index contributed by atoms with van der Waals surface area (Å²) in [5, 5.41) is 0. The van der Waals surface area contributed by atoms with Gasteiger partial charge >= 0.3 is 0 Å². The first kappa shape index (κ1) is 12.3. The van der Waals surface area contributed by atoms with E-state index in [4.69, 9.17) is 4.74 Å². The molecule has 0 spiro atoms. The highest BCUT2D eigenvalue weighted by Gasteiger charge is 2.31. The second-order valence-electron chi connectivity index (χ2n) is 5.71. The Morgan fingerprint density at radius 3 is 2.38 bits per heavy atom.